The molecule has 0 N–H and O–H groups in total. The standard InChI is InChI=1S/C25H33F3O2/c1-2-15-3-4-20-14-19(10-9-18(20)13-15)16-5-7-17(8-6-16)25(29)30-22-12-11-21(26)23(27)24(22)28/h11-12,15-20H,2-10,13-14H2,1H3. The second-order valence-electron chi connectivity index (χ2n) is 9.89. The first-order chi connectivity index (χ1) is 14.5. The predicted octanol–water partition coefficient (Wildman–Crippen LogP) is 7.06. The Morgan fingerprint density at radius 3 is 2.13 bits per heavy atom. The highest BCUT2D eigenvalue weighted by Gasteiger charge is 2.39. The molecule has 0 bridgehead atoms. The van der Waals surface area contributed by atoms with E-state index in [4.69, 9.17) is 4.74 Å². The van der Waals surface area contributed by atoms with Crippen LogP contribution in [0.3, 0.4) is 0 Å². The summed E-state index contributed by atoms with van der Waals surface area (Å²) in [6.07, 6.45) is 13.0. The van der Waals surface area contributed by atoms with E-state index in [-0.39, 0.29) is 5.92 Å². The molecule has 4 rings (SSSR count). The number of rotatable bonds is 4. The van der Waals surface area contributed by atoms with Crippen molar-refractivity contribution < 1.29 is 22.7 Å². The molecule has 3 fully saturated rings. The van der Waals surface area contributed by atoms with Gasteiger partial charge in [-0.1, -0.05) is 19.8 Å². The lowest BCUT2D eigenvalue weighted by molar-refractivity contribution is -0.140. The highest BCUT2D eigenvalue weighted by molar-refractivity contribution is 5.75. The maximum atomic E-state index is 13.8. The van der Waals surface area contributed by atoms with Gasteiger partial charge in [0.15, 0.2) is 17.4 Å². The first kappa shape index (κ1) is 21.7. The summed E-state index contributed by atoms with van der Waals surface area (Å²) in [5.41, 5.74) is 0. The minimum Gasteiger partial charge on any atom is -0.423 e. The van der Waals surface area contributed by atoms with Crippen molar-refractivity contribution in [2.24, 2.45) is 35.5 Å². The fourth-order valence-electron chi connectivity index (χ4n) is 6.43. The summed E-state index contributed by atoms with van der Waals surface area (Å²) in [4.78, 5) is 12.4. The molecule has 0 heterocycles. The average Bonchev–Trinajstić information content (AvgIpc) is 2.78. The van der Waals surface area contributed by atoms with Crippen LogP contribution in [0.4, 0.5) is 13.2 Å². The van der Waals surface area contributed by atoms with Gasteiger partial charge in [0.05, 0.1) is 5.92 Å². The van der Waals surface area contributed by atoms with Crippen LogP contribution in [-0.2, 0) is 4.79 Å². The van der Waals surface area contributed by atoms with Gasteiger partial charge in [-0.15, -0.1) is 0 Å². The summed E-state index contributed by atoms with van der Waals surface area (Å²) in [6, 6.07) is 1.76. The zero-order valence-electron chi connectivity index (χ0n) is 17.8. The first-order valence-electron chi connectivity index (χ1n) is 11.8. The largest absolute Gasteiger partial charge is 0.423 e. The molecule has 1 aromatic carbocycles. The second kappa shape index (κ2) is 9.32. The monoisotopic (exact) mass is 422 g/mol. The number of halogens is 3. The smallest absolute Gasteiger partial charge is 0.314 e. The van der Waals surface area contributed by atoms with Gasteiger partial charge in [-0.05, 0) is 99.5 Å². The molecule has 4 unspecified atom stereocenters. The van der Waals surface area contributed by atoms with Gasteiger partial charge in [-0.3, -0.25) is 4.79 Å². The Labute approximate surface area is 177 Å². The van der Waals surface area contributed by atoms with Crippen LogP contribution >= 0.6 is 0 Å². The highest BCUT2D eigenvalue weighted by Crippen LogP contribution is 2.49. The molecule has 3 saturated carbocycles. The van der Waals surface area contributed by atoms with Crippen LogP contribution in [0.15, 0.2) is 12.1 Å². The van der Waals surface area contributed by atoms with E-state index in [1.54, 1.807) is 0 Å². The fourth-order valence-corrected chi connectivity index (χ4v) is 6.43. The Morgan fingerprint density at radius 1 is 0.833 bits per heavy atom. The lowest BCUT2D eigenvalue weighted by Crippen LogP contribution is -2.35. The minimum atomic E-state index is -1.60. The van der Waals surface area contributed by atoms with E-state index < -0.39 is 29.2 Å². The van der Waals surface area contributed by atoms with Gasteiger partial charge in [-0.25, -0.2) is 8.78 Å². The number of benzene rings is 1. The third kappa shape index (κ3) is 4.55. The van der Waals surface area contributed by atoms with Crippen molar-refractivity contribution in [2.45, 2.75) is 77.6 Å². The summed E-state index contributed by atoms with van der Waals surface area (Å²) in [7, 11) is 0. The van der Waals surface area contributed by atoms with E-state index in [1.165, 1.54) is 44.9 Å². The Kier molecular flexibility index (Phi) is 6.74. The lowest BCUT2D eigenvalue weighted by atomic mass is 9.61. The van der Waals surface area contributed by atoms with Gasteiger partial charge in [0, 0.05) is 0 Å². The number of carbonyl (C=O) groups is 1. The molecular weight excluding hydrogens is 389 g/mol. The molecule has 0 radical (unpaired) electrons. The summed E-state index contributed by atoms with van der Waals surface area (Å²) < 4.78 is 45.3. The van der Waals surface area contributed by atoms with Gasteiger partial charge in [-0.2, -0.15) is 4.39 Å². The molecule has 1 aromatic rings. The number of ether oxygens (including phenoxy) is 1. The van der Waals surface area contributed by atoms with Gasteiger partial charge >= 0.3 is 5.97 Å². The molecule has 0 aromatic heterocycles. The van der Waals surface area contributed by atoms with Crippen molar-refractivity contribution >= 4 is 5.97 Å². The van der Waals surface area contributed by atoms with Gasteiger partial charge in [0.1, 0.15) is 0 Å². The molecule has 4 atom stereocenters. The Morgan fingerprint density at radius 2 is 1.43 bits per heavy atom. The van der Waals surface area contributed by atoms with Crippen molar-refractivity contribution in [3.8, 4) is 5.75 Å². The summed E-state index contributed by atoms with van der Waals surface area (Å²) >= 11 is 0. The molecule has 30 heavy (non-hydrogen) atoms. The van der Waals surface area contributed by atoms with Crippen LogP contribution in [-0.4, -0.2) is 5.97 Å². The van der Waals surface area contributed by atoms with E-state index >= 15 is 0 Å². The maximum absolute atomic E-state index is 13.8. The molecule has 5 heteroatoms. The second-order valence-corrected chi connectivity index (χ2v) is 9.89. The normalized spacial score (nSPS) is 34.3. The summed E-state index contributed by atoms with van der Waals surface area (Å²) in [5.74, 6) is -1.48. The van der Waals surface area contributed by atoms with E-state index in [2.05, 4.69) is 6.92 Å². The molecular formula is C25H33F3O2. The molecule has 166 valence electrons. The van der Waals surface area contributed by atoms with E-state index in [0.717, 1.165) is 61.5 Å². The Bertz CT molecular complexity index is 757. The van der Waals surface area contributed by atoms with Crippen LogP contribution in [0, 0.1) is 53.0 Å². The number of hydrogen-bond acceptors (Lipinski definition) is 2. The molecule has 0 aliphatic heterocycles. The van der Waals surface area contributed by atoms with Crippen molar-refractivity contribution in [3.05, 3.63) is 29.6 Å². The number of fused-ring (bicyclic) bond motifs is 1. The summed E-state index contributed by atoms with van der Waals surface area (Å²) in [5, 5.41) is 0. The fraction of sp³-hybridized carbons (Fsp3) is 0.720. The molecule has 0 amide bonds. The first-order valence-corrected chi connectivity index (χ1v) is 11.8. The van der Waals surface area contributed by atoms with Crippen LogP contribution < -0.4 is 4.74 Å². The van der Waals surface area contributed by atoms with Crippen LogP contribution in [0.1, 0.15) is 77.6 Å². The SMILES string of the molecule is CCC1CCC2CC(C3CCC(C(=O)Oc4ccc(F)c(F)c4F)CC3)CCC2C1. The molecule has 2 nitrogen and oxygen atoms in total. The van der Waals surface area contributed by atoms with Crippen molar-refractivity contribution in [1.29, 1.82) is 0 Å². The predicted molar refractivity (Wildman–Crippen MR) is 109 cm³/mol. The maximum Gasteiger partial charge on any atom is 0.314 e. The Balaban J connectivity index is 1.27. The Hall–Kier alpha value is -1.52. The topological polar surface area (TPSA) is 26.3 Å². The molecule has 3 aliphatic carbocycles. The zero-order chi connectivity index (χ0) is 21.3. The molecule has 0 spiro atoms. The lowest BCUT2D eigenvalue weighted by Gasteiger charge is -2.45. The van der Waals surface area contributed by atoms with Gasteiger partial charge in [0.25, 0.3) is 0 Å². The third-order valence-electron chi connectivity index (χ3n) is 8.32. The average molecular weight is 423 g/mol. The number of carbonyl (C=O) groups excluding carboxylic acids is 1. The van der Waals surface area contributed by atoms with Crippen LogP contribution in [0.25, 0.3) is 0 Å². The van der Waals surface area contributed by atoms with Crippen LogP contribution in [0.5, 0.6) is 5.75 Å². The quantitative estimate of drug-likeness (QED) is 0.295. The molecule has 3 aliphatic rings. The zero-order valence-corrected chi connectivity index (χ0v) is 17.8. The van der Waals surface area contributed by atoms with E-state index in [9.17, 15) is 18.0 Å². The number of hydrogen-bond donors (Lipinski definition) is 0. The van der Waals surface area contributed by atoms with E-state index in [0.29, 0.717) is 5.92 Å². The van der Waals surface area contributed by atoms with Crippen molar-refractivity contribution in [1.82, 2.24) is 0 Å². The van der Waals surface area contributed by atoms with Gasteiger partial charge < -0.3 is 4.74 Å². The third-order valence-corrected chi connectivity index (χ3v) is 8.32. The molecule has 0 saturated heterocycles. The number of esters is 1. The van der Waals surface area contributed by atoms with E-state index in [1.807, 2.05) is 0 Å². The van der Waals surface area contributed by atoms with Crippen molar-refractivity contribution in [2.75, 3.05) is 0 Å². The van der Waals surface area contributed by atoms with Crippen LogP contribution in [0.2, 0.25) is 0 Å². The van der Waals surface area contributed by atoms with Crippen molar-refractivity contribution in [3.63, 3.8) is 0 Å². The highest BCUT2D eigenvalue weighted by atomic mass is 19.2. The van der Waals surface area contributed by atoms with Gasteiger partial charge in [0.2, 0.25) is 5.82 Å². The summed E-state index contributed by atoms with van der Waals surface area (Å²) in [6.45, 7) is 2.32. The minimum absolute atomic E-state index is 0.287.